The van der Waals surface area contributed by atoms with Gasteiger partial charge in [0.05, 0.1) is 6.33 Å². The smallest absolute Gasteiger partial charge is 0.226 e. The molecule has 1 aliphatic rings. The van der Waals surface area contributed by atoms with E-state index in [0.717, 1.165) is 11.3 Å². The van der Waals surface area contributed by atoms with E-state index in [1.165, 1.54) is 0 Å². The predicted octanol–water partition coefficient (Wildman–Crippen LogP) is 0.575. The fourth-order valence-electron chi connectivity index (χ4n) is 1.87. The van der Waals surface area contributed by atoms with Crippen LogP contribution in [0.4, 0.5) is 5.82 Å². The molecule has 0 unspecified atom stereocenters. The Kier molecular flexibility index (Phi) is 2.71. The van der Waals surface area contributed by atoms with Gasteiger partial charge < -0.3 is 9.88 Å². The zero-order valence-electron chi connectivity index (χ0n) is 8.89. The second kappa shape index (κ2) is 4.23. The molecule has 0 saturated carbocycles. The number of aromatic nitrogens is 4. The van der Waals surface area contributed by atoms with Crippen LogP contribution in [0.25, 0.3) is 11.2 Å². The molecule has 2 aromatic rings. The summed E-state index contributed by atoms with van der Waals surface area (Å²) in [5.41, 5.74) is 1.34. The van der Waals surface area contributed by atoms with E-state index < -0.39 is 10.8 Å². The maximum atomic E-state index is 11.3. The molecular weight excluding hydrogens is 262 g/mol. The minimum Gasteiger partial charge on any atom is -0.353 e. The molecule has 3 heterocycles. The topological polar surface area (TPSA) is 74.8 Å². The molecule has 1 N–H and O–H groups in total. The Morgan fingerprint density at radius 2 is 2.12 bits per heavy atom. The zero-order chi connectivity index (χ0) is 11.8. The normalized spacial score (nSPS) is 17.8. The number of fused-ring (bicyclic) bond motifs is 1. The lowest BCUT2D eigenvalue weighted by Crippen LogP contribution is -2.38. The number of nitrogens with zero attached hydrogens (tertiary/aromatic N) is 4. The Labute approximate surface area is 105 Å². The third-order valence-electron chi connectivity index (χ3n) is 2.72. The van der Waals surface area contributed by atoms with Gasteiger partial charge in [-0.15, -0.1) is 0 Å². The molecule has 0 aromatic carbocycles. The van der Waals surface area contributed by atoms with Crippen molar-refractivity contribution in [2.45, 2.75) is 0 Å². The van der Waals surface area contributed by atoms with Crippen LogP contribution in [0.2, 0.25) is 5.28 Å². The fourth-order valence-corrected chi connectivity index (χ4v) is 3.08. The number of hydrogen-bond donors (Lipinski definition) is 1. The van der Waals surface area contributed by atoms with Crippen LogP contribution in [0, 0.1) is 0 Å². The maximum absolute atomic E-state index is 11.3. The number of imidazole rings is 1. The van der Waals surface area contributed by atoms with E-state index >= 15 is 0 Å². The van der Waals surface area contributed by atoms with Crippen molar-refractivity contribution in [3.63, 3.8) is 0 Å². The van der Waals surface area contributed by atoms with Crippen LogP contribution in [0.3, 0.4) is 0 Å². The summed E-state index contributed by atoms with van der Waals surface area (Å²) in [6.07, 6.45) is 1.57. The van der Waals surface area contributed by atoms with Crippen LogP contribution in [0.15, 0.2) is 6.33 Å². The van der Waals surface area contributed by atoms with E-state index in [0.29, 0.717) is 30.2 Å². The Bertz CT molecular complexity index is 576. The van der Waals surface area contributed by atoms with Gasteiger partial charge in [-0.2, -0.15) is 9.97 Å². The number of nitrogens with one attached hydrogen (secondary N) is 1. The van der Waals surface area contributed by atoms with Crippen molar-refractivity contribution in [3.8, 4) is 0 Å². The summed E-state index contributed by atoms with van der Waals surface area (Å²) >= 11 is 5.87. The molecule has 1 saturated heterocycles. The summed E-state index contributed by atoms with van der Waals surface area (Å²) in [5, 5.41) is 0.186. The van der Waals surface area contributed by atoms with E-state index in [1.54, 1.807) is 6.33 Å². The summed E-state index contributed by atoms with van der Waals surface area (Å²) in [6.45, 7) is 1.43. The zero-order valence-corrected chi connectivity index (χ0v) is 10.5. The summed E-state index contributed by atoms with van der Waals surface area (Å²) < 4.78 is 11.3. The van der Waals surface area contributed by atoms with Gasteiger partial charge in [0, 0.05) is 35.4 Å². The summed E-state index contributed by atoms with van der Waals surface area (Å²) in [6, 6.07) is 0. The summed E-state index contributed by atoms with van der Waals surface area (Å²) in [7, 11) is -0.708. The van der Waals surface area contributed by atoms with Crippen molar-refractivity contribution in [3.05, 3.63) is 11.6 Å². The third kappa shape index (κ3) is 2.00. The molecule has 8 heteroatoms. The van der Waals surface area contributed by atoms with Gasteiger partial charge in [0.25, 0.3) is 0 Å². The second-order valence-electron chi connectivity index (χ2n) is 3.75. The van der Waals surface area contributed by atoms with Gasteiger partial charge in [-0.05, 0) is 11.6 Å². The van der Waals surface area contributed by atoms with Crippen molar-refractivity contribution in [2.75, 3.05) is 29.5 Å². The first-order valence-electron chi connectivity index (χ1n) is 5.20. The van der Waals surface area contributed by atoms with Crippen molar-refractivity contribution < 1.29 is 4.21 Å². The Morgan fingerprint density at radius 1 is 1.35 bits per heavy atom. The highest BCUT2D eigenvalue weighted by molar-refractivity contribution is 7.85. The van der Waals surface area contributed by atoms with Crippen LogP contribution < -0.4 is 4.90 Å². The molecule has 1 aliphatic heterocycles. The molecule has 1 fully saturated rings. The molecule has 0 aliphatic carbocycles. The highest BCUT2D eigenvalue weighted by Crippen LogP contribution is 2.23. The second-order valence-corrected chi connectivity index (χ2v) is 5.79. The lowest BCUT2D eigenvalue weighted by atomic mass is 10.4. The van der Waals surface area contributed by atoms with E-state index in [2.05, 4.69) is 24.8 Å². The van der Waals surface area contributed by atoms with Crippen molar-refractivity contribution >= 4 is 39.4 Å². The fraction of sp³-hybridized carbons (Fsp3) is 0.444. The van der Waals surface area contributed by atoms with Crippen LogP contribution in [0.5, 0.6) is 0 Å². The van der Waals surface area contributed by atoms with Crippen molar-refractivity contribution in [1.82, 2.24) is 19.9 Å². The molecule has 0 radical (unpaired) electrons. The number of halogens is 1. The monoisotopic (exact) mass is 271 g/mol. The number of anilines is 1. The highest BCUT2D eigenvalue weighted by atomic mass is 35.5. The molecule has 0 atom stereocenters. The minimum atomic E-state index is -0.708. The van der Waals surface area contributed by atoms with Gasteiger partial charge in [-0.25, -0.2) is 4.98 Å². The molecule has 0 amide bonds. The third-order valence-corrected chi connectivity index (χ3v) is 4.16. The Balaban J connectivity index is 2.04. The van der Waals surface area contributed by atoms with Crippen molar-refractivity contribution in [2.24, 2.45) is 0 Å². The van der Waals surface area contributed by atoms with E-state index in [-0.39, 0.29) is 5.28 Å². The maximum Gasteiger partial charge on any atom is 0.226 e. The quantitative estimate of drug-likeness (QED) is 0.768. The molecule has 2 aromatic heterocycles. The van der Waals surface area contributed by atoms with E-state index in [4.69, 9.17) is 11.6 Å². The van der Waals surface area contributed by atoms with Crippen molar-refractivity contribution in [1.29, 1.82) is 0 Å². The highest BCUT2D eigenvalue weighted by Gasteiger charge is 2.20. The first-order chi connectivity index (χ1) is 8.24. The average molecular weight is 272 g/mol. The first-order valence-corrected chi connectivity index (χ1v) is 7.07. The molecule has 6 nitrogen and oxygen atoms in total. The molecule has 0 spiro atoms. The van der Waals surface area contributed by atoms with Gasteiger partial charge in [-0.1, -0.05) is 0 Å². The van der Waals surface area contributed by atoms with Gasteiger partial charge in [0.15, 0.2) is 11.5 Å². The molecular formula is C9H10ClN5OS. The van der Waals surface area contributed by atoms with Crippen LogP contribution in [-0.4, -0.2) is 48.7 Å². The van der Waals surface area contributed by atoms with Gasteiger partial charge in [0.1, 0.15) is 5.52 Å². The minimum absolute atomic E-state index is 0.186. The lowest BCUT2D eigenvalue weighted by Gasteiger charge is -2.27. The Hall–Kier alpha value is -1.21. The van der Waals surface area contributed by atoms with E-state index in [9.17, 15) is 4.21 Å². The number of hydrogen-bond acceptors (Lipinski definition) is 5. The average Bonchev–Trinajstić information content (AvgIpc) is 2.77. The number of aromatic amines is 1. The summed E-state index contributed by atoms with van der Waals surface area (Å²) in [4.78, 5) is 17.4. The lowest BCUT2D eigenvalue weighted by molar-refractivity contribution is 0.672. The molecule has 17 heavy (non-hydrogen) atoms. The largest absolute Gasteiger partial charge is 0.353 e. The van der Waals surface area contributed by atoms with Gasteiger partial charge in [-0.3, -0.25) is 4.21 Å². The SMILES string of the molecule is O=S1CCN(c2nc(Cl)nc3nc[nH]c23)CC1. The predicted molar refractivity (Wildman–Crippen MR) is 66.8 cm³/mol. The number of rotatable bonds is 1. The van der Waals surface area contributed by atoms with Crippen LogP contribution in [-0.2, 0) is 10.8 Å². The Morgan fingerprint density at radius 3 is 2.88 bits per heavy atom. The molecule has 0 bridgehead atoms. The first kappa shape index (κ1) is 10.9. The summed E-state index contributed by atoms with van der Waals surface area (Å²) in [5.74, 6) is 2.07. The molecule has 3 rings (SSSR count). The van der Waals surface area contributed by atoms with Crippen LogP contribution >= 0.6 is 11.6 Å². The van der Waals surface area contributed by atoms with E-state index in [1.807, 2.05) is 0 Å². The number of H-pyrrole nitrogens is 1. The molecule has 90 valence electrons. The van der Waals surface area contributed by atoms with Gasteiger partial charge >= 0.3 is 0 Å². The standard InChI is InChI=1S/C9H10ClN5OS/c10-9-13-7-6(11-5-12-7)8(14-9)15-1-3-17(16)4-2-15/h5H,1-4H2,(H,11,12,13,14). The van der Waals surface area contributed by atoms with Crippen LogP contribution in [0.1, 0.15) is 0 Å². The van der Waals surface area contributed by atoms with Gasteiger partial charge in [0.2, 0.25) is 5.28 Å².